The Morgan fingerprint density at radius 3 is 3.05 bits per heavy atom. The van der Waals surface area contributed by atoms with Gasteiger partial charge >= 0.3 is 5.97 Å². The fourth-order valence-electron chi connectivity index (χ4n) is 2.01. The predicted octanol–water partition coefficient (Wildman–Crippen LogP) is 2.94. The monoisotopic (exact) mass is 275 g/mol. The van der Waals surface area contributed by atoms with Crippen LogP contribution in [-0.4, -0.2) is 27.5 Å². The first-order valence-corrected chi connectivity index (χ1v) is 6.17. The van der Waals surface area contributed by atoms with Crippen LogP contribution in [0, 0.1) is 0 Å². The highest BCUT2D eigenvalue weighted by Gasteiger charge is 2.17. The van der Waals surface area contributed by atoms with Crippen LogP contribution in [0.1, 0.15) is 17.3 Å². The molecule has 5 nitrogen and oxygen atoms in total. The molecule has 0 aliphatic heterocycles. The number of hydrogen-bond donors (Lipinski definition) is 1. The SMILES string of the molecule is CCOC(=O)c1c[nH]c2ccc3ncnc3c2c1Cl. The minimum absolute atomic E-state index is 0.298. The molecule has 2 heterocycles. The summed E-state index contributed by atoms with van der Waals surface area (Å²) in [6.07, 6.45) is 3.02. The van der Waals surface area contributed by atoms with Gasteiger partial charge in [-0.15, -0.1) is 0 Å². The number of carbonyl (C=O) groups is 1. The Kier molecular flexibility index (Phi) is 2.83. The molecule has 0 spiro atoms. The van der Waals surface area contributed by atoms with Crippen LogP contribution >= 0.6 is 11.6 Å². The van der Waals surface area contributed by atoms with Crippen molar-refractivity contribution < 1.29 is 9.53 Å². The summed E-state index contributed by atoms with van der Waals surface area (Å²) < 4.78 is 4.97. The van der Waals surface area contributed by atoms with Crippen molar-refractivity contribution in [3.05, 3.63) is 35.2 Å². The van der Waals surface area contributed by atoms with E-state index in [0.29, 0.717) is 28.1 Å². The Hall–Kier alpha value is -2.14. The number of nitrogens with one attached hydrogen (secondary N) is 1. The van der Waals surface area contributed by atoms with Crippen molar-refractivity contribution in [2.75, 3.05) is 6.61 Å². The number of aromatic amines is 1. The van der Waals surface area contributed by atoms with Crippen LogP contribution in [0.25, 0.3) is 21.9 Å². The molecule has 0 atom stereocenters. The summed E-state index contributed by atoms with van der Waals surface area (Å²) in [5.74, 6) is -0.456. The summed E-state index contributed by atoms with van der Waals surface area (Å²) in [5.41, 5.74) is 2.51. The molecule has 0 fully saturated rings. The number of esters is 1. The van der Waals surface area contributed by atoms with Crippen LogP contribution in [0.3, 0.4) is 0 Å². The lowest BCUT2D eigenvalue weighted by Gasteiger charge is -2.07. The van der Waals surface area contributed by atoms with E-state index in [0.717, 1.165) is 11.0 Å². The van der Waals surface area contributed by atoms with E-state index in [1.807, 2.05) is 12.1 Å². The number of hydrogen-bond acceptors (Lipinski definition) is 4. The van der Waals surface area contributed by atoms with Gasteiger partial charge in [-0.2, -0.15) is 0 Å². The zero-order valence-electron chi connectivity index (χ0n) is 10.1. The van der Waals surface area contributed by atoms with E-state index < -0.39 is 5.97 Å². The molecule has 3 rings (SSSR count). The largest absolute Gasteiger partial charge is 0.462 e. The van der Waals surface area contributed by atoms with Crippen molar-refractivity contribution in [3.63, 3.8) is 0 Å². The second-order valence-electron chi connectivity index (χ2n) is 3.97. The molecule has 0 bridgehead atoms. The molecule has 0 saturated heterocycles. The van der Waals surface area contributed by atoms with Crippen LogP contribution in [-0.2, 0) is 4.74 Å². The average molecular weight is 276 g/mol. The number of carbonyl (C=O) groups excluding carboxylic acids is 1. The van der Waals surface area contributed by atoms with Gasteiger partial charge in [-0.1, -0.05) is 11.6 Å². The number of pyridine rings is 1. The van der Waals surface area contributed by atoms with Crippen LogP contribution < -0.4 is 0 Å². The van der Waals surface area contributed by atoms with Crippen molar-refractivity contribution in [2.24, 2.45) is 0 Å². The maximum atomic E-state index is 11.8. The number of fused-ring (bicyclic) bond motifs is 3. The fourth-order valence-corrected chi connectivity index (χ4v) is 2.33. The average Bonchev–Trinajstić information content (AvgIpc) is 2.87. The maximum absolute atomic E-state index is 11.8. The van der Waals surface area contributed by atoms with Gasteiger partial charge in [0.1, 0.15) is 11.8 Å². The third kappa shape index (κ3) is 1.82. The van der Waals surface area contributed by atoms with E-state index in [1.54, 1.807) is 13.1 Å². The van der Waals surface area contributed by atoms with E-state index in [2.05, 4.69) is 15.0 Å². The molecule has 6 heteroatoms. The Balaban J connectivity index is 2.33. The fraction of sp³-hybridized carbons (Fsp3) is 0.154. The molecule has 0 saturated carbocycles. The number of imidazole rings is 1. The van der Waals surface area contributed by atoms with Gasteiger partial charge in [-0.05, 0) is 19.1 Å². The number of halogens is 1. The van der Waals surface area contributed by atoms with Gasteiger partial charge in [0.2, 0.25) is 0 Å². The zero-order chi connectivity index (χ0) is 13.4. The summed E-state index contributed by atoms with van der Waals surface area (Å²) in [5, 5.41) is 1.01. The van der Waals surface area contributed by atoms with Gasteiger partial charge in [-0.3, -0.25) is 0 Å². The topological polar surface area (TPSA) is 67.9 Å². The maximum Gasteiger partial charge on any atom is 0.341 e. The number of nitrogens with zero attached hydrogens (tertiary/aromatic N) is 2. The lowest BCUT2D eigenvalue weighted by Crippen LogP contribution is -2.06. The second-order valence-corrected chi connectivity index (χ2v) is 4.34. The molecule has 1 aromatic carbocycles. The molecule has 1 N–H and O–H groups in total. The van der Waals surface area contributed by atoms with Crippen LogP contribution in [0.2, 0.25) is 5.02 Å². The summed E-state index contributed by atoms with van der Waals surface area (Å²) in [7, 11) is 0. The van der Waals surface area contributed by atoms with Gasteiger partial charge < -0.3 is 9.72 Å². The molecular formula is C13H10ClN3O2. The number of benzene rings is 1. The Labute approximate surface area is 113 Å². The Bertz CT molecular complexity index is 782. The molecule has 0 unspecified atom stereocenters. The van der Waals surface area contributed by atoms with Gasteiger partial charge in [0.25, 0.3) is 0 Å². The lowest BCUT2D eigenvalue weighted by molar-refractivity contribution is 0.0526. The highest BCUT2D eigenvalue weighted by atomic mass is 35.5. The van der Waals surface area contributed by atoms with Crippen LogP contribution in [0.5, 0.6) is 0 Å². The molecule has 0 aliphatic rings. The smallest absolute Gasteiger partial charge is 0.341 e. The molecule has 0 radical (unpaired) electrons. The van der Waals surface area contributed by atoms with Crippen molar-refractivity contribution in [2.45, 2.75) is 6.92 Å². The summed E-state index contributed by atoms with van der Waals surface area (Å²) in [4.78, 5) is 23.2. The van der Waals surface area contributed by atoms with Crippen molar-refractivity contribution in [1.29, 1.82) is 0 Å². The first-order chi connectivity index (χ1) is 9.22. The minimum atomic E-state index is -0.456. The summed E-state index contributed by atoms with van der Waals surface area (Å²) in [6, 6.07) is 3.70. The van der Waals surface area contributed by atoms with Gasteiger partial charge in [0.05, 0.1) is 22.7 Å². The van der Waals surface area contributed by atoms with Crippen molar-refractivity contribution >= 4 is 39.5 Å². The number of H-pyrrole nitrogens is 1. The third-order valence-electron chi connectivity index (χ3n) is 2.86. The van der Waals surface area contributed by atoms with Gasteiger partial charge in [0.15, 0.2) is 0 Å². The first-order valence-electron chi connectivity index (χ1n) is 5.79. The lowest BCUT2D eigenvalue weighted by atomic mass is 10.1. The predicted molar refractivity (Wildman–Crippen MR) is 72.4 cm³/mol. The summed E-state index contributed by atoms with van der Waals surface area (Å²) in [6.45, 7) is 2.05. The quantitative estimate of drug-likeness (QED) is 0.730. The van der Waals surface area contributed by atoms with Crippen molar-refractivity contribution in [1.82, 2.24) is 15.0 Å². The number of ether oxygens (including phenoxy) is 1. The highest BCUT2D eigenvalue weighted by molar-refractivity contribution is 6.40. The van der Waals surface area contributed by atoms with E-state index in [1.165, 1.54) is 6.33 Å². The van der Waals surface area contributed by atoms with E-state index in [-0.39, 0.29) is 0 Å². The summed E-state index contributed by atoms with van der Waals surface area (Å²) >= 11 is 6.32. The van der Waals surface area contributed by atoms with Gasteiger partial charge in [0, 0.05) is 17.1 Å². The van der Waals surface area contributed by atoms with Crippen LogP contribution in [0.15, 0.2) is 24.7 Å². The van der Waals surface area contributed by atoms with Gasteiger partial charge in [-0.25, -0.2) is 14.8 Å². The highest BCUT2D eigenvalue weighted by Crippen LogP contribution is 2.31. The normalized spacial score (nSPS) is 11.1. The van der Waals surface area contributed by atoms with Crippen LogP contribution in [0.4, 0.5) is 0 Å². The zero-order valence-corrected chi connectivity index (χ0v) is 10.9. The van der Waals surface area contributed by atoms with E-state index >= 15 is 0 Å². The second kappa shape index (κ2) is 4.51. The number of aromatic nitrogens is 3. The molecule has 19 heavy (non-hydrogen) atoms. The molecule has 3 aromatic rings. The Morgan fingerprint density at radius 2 is 2.26 bits per heavy atom. The molecular weight excluding hydrogens is 266 g/mol. The molecule has 0 amide bonds. The standard InChI is InChI=1S/C13H10ClN3O2/c1-2-19-13(18)7-5-15-8-3-4-9-12(17-6-16-9)10(8)11(7)14/h3-6,15H,2H2,1H3. The minimum Gasteiger partial charge on any atom is -0.462 e. The van der Waals surface area contributed by atoms with E-state index in [4.69, 9.17) is 16.3 Å². The van der Waals surface area contributed by atoms with E-state index in [9.17, 15) is 4.79 Å². The molecule has 96 valence electrons. The Morgan fingerprint density at radius 1 is 1.42 bits per heavy atom. The number of rotatable bonds is 2. The molecule has 2 aromatic heterocycles. The molecule has 0 aliphatic carbocycles. The van der Waals surface area contributed by atoms with Crippen molar-refractivity contribution in [3.8, 4) is 0 Å². The third-order valence-corrected chi connectivity index (χ3v) is 3.26. The first kappa shape index (κ1) is 11.9.